The molecule has 1 atom stereocenters. The van der Waals surface area contributed by atoms with Gasteiger partial charge in [0.05, 0.1) is 21.7 Å². The lowest BCUT2D eigenvalue weighted by atomic mass is 10.2. The summed E-state index contributed by atoms with van der Waals surface area (Å²) >= 11 is 6.08. The van der Waals surface area contributed by atoms with E-state index in [4.69, 9.17) is 11.6 Å². The van der Waals surface area contributed by atoms with Gasteiger partial charge in [-0.05, 0) is 25.1 Å². The number of non-ortho nitro benzene ring substituents is 1. The number of nitro benzene ring substituents is 1. The third kappa shape index (κ3) is 4.44. The summed E-state index contributed by atoms with van der Waals surface area (Å²) in [5.74, 6) is -0.385. The van der Waals surface area contributed by atoms with E-state index in [9.17, 15) is 19.7 Å². The van der Waals surface area contributed by atoms with Gasteiger partial charge in [-0.3, -0.25) is 24.6 Å². The second-order valence-corrected chi connectivity index (χ2v) is 8.09. The molecule has 0 saturated carbocycles. The highest BCUT2D eigenvalue weighted by atomic mass is 35.5. The lowest BCUT2D eigenvalue weighted by Gasteiger charge is -2.37. The first-order valence-corrected chi connectivity index (χ1v) is 10.6. The lowest BCUT2D eigenvalue weighted by molar-refractivity contribution is -0.384. The minimum absolute atomic E-state index is 0.0682. The number of para-hydroxylation sites is 1. The van der Waals surface area contributed by atoms with Crippen LogP contribution < -0.4 is 5.32 Å². The quantitative estimate of drug-likeness (QED) is 0.451. The van der Waals surface area contributed by atoms with Crippen LogP contribution in [0, 0.1) is 10.1 Å². The monoisotopic (exact) mass is 455 g/mol. The number of halogens is 1. The first-order valence-electron chi connectivity index (χ1n) is 10.2. The van der Waals surface area contributed by atoms with E-state index in [1.54, 1.807) is 11.8 Å². The molecule has 4 rings (SSSR count). The summed E-state index contributed by atoms with van der Waals surface area (Å²) in [6.07, 6.45) is 0. The maximum absolute atomic E-state index is 12.9. The number of hydrogen-bond donors (Lipinski definition) is 2. The molecule has 1 fully saturated rings. The zero-order chi connectivity index (χ0) is 22.8. The van der Waals surface area contributed by atoms with Crippen molar-refractivity contribution in [1.82, 2.24) is 14.8 Å². The average molecular weight is 456 g/mol. The molecule has 32 heavy (non-hydrogen) atoms. The third-order valence-electron chi connectivity index (χ3n) is 5.71. The summed E-state index contributed by atoms with van der Waals surface area (Å²) in [5.41, 5.74) is 1.51. The molecule has 1 aliphatic rings. The summed E-state index contributed by atoms with van der Waals surface area (Å²) in [5, 5.41) is 14.9. The van der Waals surface area contributed by atoms with Crippen LogP contribution in [-0.2, 0) is 4.79 Å². The molecule has 9 nitrogen and oxygen atoms in total. The third-order valence-corrected chi connectivity index (χ3v) is 6.04. The van der Waals surface area contributed by atoms with E-state index in [1.807, 2.05) is 35.2 Å². The first kappa shape index (κ1) is 21.8. The summed E-state index contributed by atoms with van der Waals surface area (Å²) in [6.45, 7) is 3.80. The smallest absolute Gasteiger partial charge is 0.271 e. The van der Waals surface area contributed by atoms with Crippen molar-refractivity contribution >= 4 is 45.7 Å². The summed E-state index contributed by atoms with van der Waals surface area (Å²) < 4.78 is 0. The van der Waals surface area contributed by atoms with E-state index < -0.39 is 11.0 Å². The molecule has 0 spiro atoms. The summed E-state index contributed by atoms with van der Waals surface area (Å²) in [7, 11) is 0. The fourth-order valence-electron chi connectivity index (χ4n) is 3.80. The zero-order valence-electron chi connectivity index (χ0n) is 17.4. The summed E-state index contributed by atoms with van der Waals surface area (Å²) in [4.78, 5) is 42.9. The fraction of sp³-hybridized carbons (Fsp3) is 0.273. The first-order chi connectivity index (χ1) is 15.3. The molecule has 2 aromatic carbocycles. The molecular formula is C22H22ClN5O4. The molecule has 2 amide bonds. The van der Waals surface area contributed by atoms with Crippen molar-refractivity contribution in [3.63, 3.8) is 0 Å². The van der Waals surface area contributed by atoms with Gasteiger partial charge >= 0.3 is 0 Å². The van der Waals surface area contributed by atoms with Crippen molar-refractivity contribution < 1.29 is 14.5 Å². The Bertz CT molecular complexity index is 1150. The van der Waals surface area contributed by atoms with Gasteiger partial charge < -0.3 is 15.2 Å². The number of nitro groups is 1. The molecule has 166 valence electrons. The van der Waals surface area contributed by atoms with Crippen LogP contribution in [0.5, 0.6) is 0 Å². The molecule has 1 aromatic heterocycles. The molecule has 0 aliphatic carbocycles. The van der Waals surface area contributed by atoms with E-state index in [-0.39, 0.29) is 28.2 Å². The number of piperazine rings is 1. The molecule has 1 unspecified atom stereocenters. The van der Waals surface area contributed by atoms with Crippen LogP contribution in [0.4, 0.5) is 11.4 Å². The number of anilines is 1. The molecule has 0 radical (unpaired) electrons. The van der Waals surface area contributed by atoms with Crippen LogP contribution in [0.25, 0.3) is 10.9 Å². The Morgan fingerprint density at radius 2 is 1.84 bits per heavy atom. The van der Waals surface area contributed by atoms with Crippen LogP contribution in [-0.4, -0.2) is 63.7 Å². The van der Waals surface area contributed by atoms with E-state index in [0.29, 0.717) is 31.9 Å². The highest BCUT2D eigenvalue weighted by Gasteiger charge is 2.29. The second-order valence-electron chi connectivity index (χ2n) is 7.68. The number of carbonyl (C=O) groups is 2. The molecule has 2 N–H and O–H groups in total. The fourth-order valence-corrected chi connectivity index (χ4v) is 3.96. The topological polar surface area (TPSA) is 112 Å². The van der Waals surface area contributed by atoms with Gasteiger partial charge in [-0.1, -0.05) is 29.8 Å². The highest BCUT2D eigenvalue weighted by molar-refractivity contribution is 6.33. The van der Waals surface area contributed by atoms with Gasteiger partial charge in [0.15, 0.2) is 0 Å². The van der Waals surface area contributed by atoms with Gasteiger partial charge in [-0.2, -0.15) is 0 Å². The maximum Gasteiger partial charge on any atom is 0.271 e. The molecule has 1 saturated heterocycles. The molecule has 3 aromatic rings. The standard InChI is InChI=1S/C22H22ClN5O4/c1-14(21(29)25-19-13-16(28(31)32)6-7-17(19)23)26-8-10-27(11-9-26)22(30)20-12-15-4-2-3-5-18(15)24-20/h2-7,12-14,24H,8-11H2,1H3,(H,25,29). The van der Waals surface area contributed by atoms with Crippen molar-refractivity contribution in [2.24, 2.45) is 0 Å². The SMILES string of the molecule is CC(C(=O)Nc1cc([N+](=O)[O-])ccc1Cl)N1CCN(C(=O)c2cc3ccccc3[nH]2)CC1. The van der Waals surface area contributed by atoms with Crippen LogP contribution in [0.1, 0.15) is 17.4 Å². The molecule has 1 aliphatic heterocycles. The van der Waals surface area contributed by atoms with Crippen molar-refractivity contribution in [2.75, 3.05) is 31.5 Å². The number of aromatic nitrogens is 1. The van der Waals surface area contributed by atoms with Crippen LogP contribution in [0.2, 0.25) is 5.02 Å². The van der Waals surface area contributed by atoms with Gasteiger partial charge in [0, 0.05) is 49.2 Å². The van der Waals surface area contributed by atoms with Crippen LogP contribution >= 0.6 is 11.6 Å². The Labute approximate surface area is 189 Å². The largest absolute Gasteiger partial charge is 0.351 e. The average Bonchev–Trinajstić information content (AvgIpc) is 3.23. The number of hydrogen-bond acceptors (Lipinski definition) is 5. The number of nitrogens with zero attached hydrogens (tertiary/aromatic N) is 3. The highest BCUT2D eigenvalue weighted by Crippen LogP contribution is 2.27. The molecule has 10 heteroatoms. The lowest BCUT2D eigenvalue weighted by Crippen LogP contribution is -2.54. The van der Waals surface area contributed by atoms with Crippen LogP contribution in [0.3, 0.4) is 0 Å². The molecule has 0 bridgehead atoms. The predicted molar refractivity (Wildman–Crippen MR) is 122 cm³/mol. The zero-order valence-corrected chi connectivity index (χ0v) is 18.1. The van der Waals surface area contributed by atoms with Gasteiger partial charge in [0.2, 0.25) is 5.91 Å². The van der Waals surface area contributed by atoms with Gasteiger partial charge in [0.25, 0.3) is 11.6 Å². The Hall–Kier alpha value is -3.43. The normalized spacial score (nSPS) is 15.5. The number of benzene rings is 2. The minimum Gasteiger partial charge on any atom is -0.351 e. The number of carbonyl (C=O) groups excluding carboxylic acids is 2. The number of nitrogens with one attached hydrogen (secondary N) is 2. The Morgan fingerprint density at radius 1 is 1.12 bits per heavy atom. The van der Waals surface area contributed by atoms with Gasteiger partial charge in [-0.15, -0.1) is 0 Å². The number of H-pyrrole nitrogens is 1. The van der Waals surface area contributed by atoms with Crippen molar-refractivity contribution in [1.29, 1.82) is 0 Å². The Balaban J connectivity index is 1.36. The predicted octanol–water partition coefficient (Wildman–Crippen LogP) is 3.51. The Kier molecular flexibility index (Phi) is 6.11. The molecular weight excluding hydrogens is 434 g/mol. The number of rotatable bonds is 5. The second kappa shape index (κ2) is 8.97. The van der Waals surface area contributed by atoms with Crippen molar-refractivity contribution in [3.05, 3.63) is 69.4 Å². The molecule has 2 heterocycles. The number of aromatic amines is 1. The Morgan fingerprint density at radius 3 is 2.53 bits per heavy atom. The van der Waals surface area contributed by atoms with Crippen LogP contribution in [0.15, 0.2) is 48.5 Å². The van der Waals surface area contributed by atoms with E-state index in [2.05, 4.69) is 10.3 Å². The number of amides is 2. The van der Waals surface area contributed by atoms with Gasteiger partial charge in [-0.25, -0.2) is 0 Å². The van der Waals surface area contributed by atoms with Crippen molar-refractivity contribution in [3.8, 4) is 0 Å². The van der Waals surface area contributed by atoms with E-state index in [0.717, 1.165) is 10.9 Å². The maximum atomic E-state index is 12.9. The van der Waals surface area contributed by atoms with E-state index in [1.165, 1.54) is 18.2 Å². The minimum atomic E-state index is -0.543. The van der Waals surface area contributed by atoms with Crippen molar-refractivity contribution in [2.45, 2.75) is 13.0 Å². The summed E-state index contributed by atoms with van der Waals surface area (Å²) in [6, 6.07) is 13.0. The number of fused-ring (bicyclic) bond motifs is 1. The van der Waals surface area contributed by atoms with Gasteiger partial charge in [0.1, 0.15) is 5.69 Å². The van der Waals surface area contributed by atoms with E-state index >= 15 is 0 Å².